The van der Waals surface area contributed by atoms with Crippen molar-refractivity contribution in [3.63, 3.8) is 0 Å². The number of hydrogen-bond acceptors (Lipinski definition) is 5. The van der Waals surface area contributed by atoms with E-state index in [9.17, 15) is 14.9 Å². The number of carbonyl (C=O) groups excluding carboxylic acids is 1. The Labute approximate surface area is 168 Å². The Hall–Kier alpha value is -3.74. The lowest BCUT2D eigenvalue weighted by Gasteiger charge is -2.18. The molecule has 0 radical (unpaired) electrons. The number of non-ortho nitro benzene ring substituents is 1. The van der Waals surface area contributed by atoms with Gasteiger partial charge in [0.15, 0.2) is 0 Å². The van der Waals surface area contributed by atoms with E-state index in [2.05, 4.69) is 31.3 Å². The van der Waals surface area contributed by atoms with Crippen molar-refractivity contribution in [2.24, 2.45) is 5.10 Å². The van der Waals surface area contributed by atoms with Crippen molar-refractivity contribution in [2.75, 3.05) is 0 Å². The average molecular weight is 391 g/mol. The molecule has 29 heavy (non-hydrogen) atoms. The van der Waals surface area contributed by atoms with Crippen molar-refractivity contribution in [1.82, 2.24) is 5.43 Å². The Kier molecular flexibility index (Phi) is 5.59. The monoisotopic (exact) mass is 391 g/mol. The molecule has 0 saturated carbocycles. The van der Waals surface area contributed by atoms with Gasteiger partial charge in [0, 0.05) is 23.3 Å². The molecule has 1 N–H and O–H groups in total. The summed E-state index contributed by atoms with van der Waals surface area (Å²) in [5, 5.41) is 14.8. The third-order valence-electron chi connectivity index (χ3n) is 4.34. The van der Waals surface area contributed by atoms with Gasteiger partial charge in [0.05, 0.1) is 11.1 Å². The van der Waals surface area contributed by atoms with Gasteiger partial charge in [0.25, 0.3) is 11.6 Å². The van der Waals surface area contributed by atoms with Gasteiger partial charge >= 0.3 is 0 Å². The zero-order valence-electron chi connectivity index (χ0n) is 16.4. The number of carbonyl (C=O) groups is 1. The van der Waals surface area contributed by atoms with Crippen LogP contribution in [-0.2, 0) is 5.41 Å². The number of benzene rings is 2. The van der Waals surface area contributed by atoms with Gasteiger partial charge in [0.2, 0.25) is 0 Å². The van der Waals surface area contributed by atoms with Crippen molar-refractivity contribution in [3.05, 3.63) is 87.7 Å². The van der Waals surface area contributed by atoms with Crippen LogP contribution in [0.1, 0.15) is 42.5 Å². The molecule has 0 spiro atoms. The maximum absolute atomic E-state index is 12.2. The second kappa shape index (κ2) is 8.10. The normalized spacial score (nSPS) is 11.6. The topological polar surface area (TPSA) is 97.7 Å². The van der Waals surface area contributed by atoms with Crippen LogP contribution in [0.2, 0.25) is 0 Å². The fraction of sp³-hybridized carbons (Fsp3) is 0.182. The highest BCUT2D eigenvalue weighted by atomic mass is 16.6. The van der Waals surface area contributed by atoms with Gasteiger partial charge in [-0.15, -0.1) is 0 Å². The Bertz CT molecular complexity index is 1060. The number of amides is 1. The summed E-state index contributed by atoms with van der Waals surface area (Å²) in [5.41, 5.74) is 4.69. The van der Waals surface area contributed by atoms with Crippen LogP contribution >= 0.6 is 0 Å². The Balaban J connectivity index is 1.65. The molecule has 3 rings (SSSR count). The van der Waals surface area contributed by atoms with Gasteiger partial charge in [-0.1, -0.05) is 45.0 Å². The summed E-state index contributed by atoms with van der Waals surface area (Å²) >= 11 is 0. The van der Waals surface area contributed by atoms with Gasteiger partial charge < -0.3 is 4.42 Å². The van der Waals surface area contributed by atoms with Crippen molar-refractivity contribution in [1.29, 1.82) is 0 Å². The third-order valence-corrected chi connectivity index (χ3v) is 4.34. The SMILES string of the molecule is CC(C)(C)c1ccc(C(=O)N/N=C\c2ccc(-c3cccc([N+](=O)[O-])c3)o2)cc1. The van der Waals surface area contributed by atoms with Crippen LogP contribution in [0.25, 0.3) is 11.3 Å². The summed E-state index contributed by atoms with van der Waals surface area (Å²) in [6.45, 7) is 6.33. The molecule has 1 aromatic heterocycles. The number of hydrogen-bond donors (Lipinski definition) is 1. The molecule has 0 atom stereocenters. The van der Waals surface area contributed by atoms with E-state index in [0.717, 1.165) is 5.56 Å². The van der Waals surface area contributed by atoms with Crippen LogP contribution in [0.15, 0.2) is 70.2 Å². The zero-order valence-corrected chi connectivity index (χ0v) is 16.4. The summed E-state index contributed by atoms with van der Waals surface area (Å²) in [5.74, 6) is 0.557. The molecule has 0 saturated heterocycles. The van der Waals surface area contributed by atoms with Crippen LogP contribution in [0.3, 0.4) is 0 Å². The van der Waals surface area contributed by atoms with E-state index in [0.29, 0.717) is 22.6 Å². The highest BCUT2D eigenvalue weighted by molar-refractivity contribution is 5.94. The fourth-order valence-electron chi connectivity index (χ4n) is 2.69. The third kappa shape index (κ3) is 4.95. The summed E-state index contributed by atoms with van der Waals surface area (Å²) in [4.78, 5) is 22.6. The van der Waals surface area contributed by atoms with Gasteiger partial charge in [-0.05, 0) is 35.2 Å². The van der Waals surface area contributed by atoms with Crippen molar-refractivity contribution < 1.29 is 14.1 Å². The van der Waals surface area contributed by atoms with Crippen molar-refractivity contribution >= 4 is 17.8 Å². The maximum atomic E-state index is 12.2. The van der Waals surface area contributed by atoms with Gasteiger partial charge in [-0.25, -0.2) is 5.43 Å². The van der Waals surface area contributed by atoms with Crippen LogP contribution in [0.4, 0.5) is 5.69 Å². The smallest absolute Gasteiger partial charge is 0.271 e. The van der Waals surface area contributed by atoms with E-state index in [-0.39, 0.29) is 17.0 Å². The Morgan fingerprint density at radius 3 is 2.48 bits per heavy atom. The predicted octanol–water partition coefficient (Wildman–Crippen LogP) is 4.92. The molecule has 0 unspecified atom stereocenters. The lowest BCUT2D eigenvalue weighted by atomic mass is 9.87. The second-order valence-electron chi connectivity index (χ2n) is 7.54. The van der Waals surface area contributed by atoms with Crippen LogP contribution in [0.5, 0.6) is 0 Å². The Morgan fingerprint density at radius 2 is 1.83 bits per heavy atom. The molecule has 0 bridgehead atoms. The summed E-state index contributed by atoms with van der Waals surface area (Å²) in [6.07, 6.45) is 1.38. The van der Waals surface area contributed by atoms with Crippen molar-refractivity contribution in [3.8, 4) is 11.3 Å². The van der Waals surface area contributed by atoms with Gasteiger partial charge in [-0.2, -0.15) is 5.10 Å². The van der Waals surface area contributed by atoms with E-state index >= 15 is 0 Å². The van der Waals surface area contributed by atoms with Crippen LogP contribution < -0.4 is 5.43 Å². The zero-order chi connectivity index (χ0) is 21.0. The highest BCUT2D eigenvalue weighted by Crippen LogP contribution is 2.25. The lowest BCUT2D eigenvalue weighted by molar-refractivity contribution is -0.384. The minimum Gasteiger partial charge on any atom is -0.455 e. The number of nitrogens with zero attached hydrogens (tertiary/aromatic N) is 2. The molecule has 1 heterocycles. The molecule has 7 nitrogen and oxygen atoms in total. The lowest BCUT2D eigenvalue weighted by Crippen LogP contribution is -2.18. The summed E-state index contributed by atoms with van der Waals surface area (Å²) < 4.78 is 5.62. The first-order valence-corrected chi connectivity index (χ1v) is 9.03. The molecule has 0 aliphatic rings. The average Bonchev–Trinajstić information content (AvgIpc) is 3.16. The largest absolute Gasteiger partial charge is 0.455 e. The van der Waals surface area contributed by atoms with E-state index in [1.54, 1.807) is 36.4 Å². The molecule has 1 amide bonds. The molecule has 148 valence electrons. The van der Waals surface area contributed by atoms with Crippen molar-refractivity contribution in [2.45, 2.75) is 26.2 Å². The van der Waals surface area contributed by atoms with E-state index in [1.807, 2.05) is 12.1 Å². The predicted molar refractivity (Wildman–Crippen MR) is 111 cm³/mol. The Morgan fingerprint density at radius 1 is 1.10 bits per heavy atom. The second-order valence-corrected chi connectivity index (χ2v) is 7.54. The molecule has 0 aliphatic carbocycles. The minimum absolute atomic E-state index is 0.0149. The standard InChI is InChI=1S/C22H21N3O4/c1-22(2,3)17-9-7-15(8-10-17)21(26)24-23-14-19-11-12-20(29-19)16-5-4-6-18(13-16)25(27)28/h4-14H,1-3H3,(H,24,26)/b23-14-. The van der Waals surface area contributed by atoms with Crippen LogP contribution in [-0.4, -0.2) is 17.0 Å². The molecule has 2 aromatic carbocycles. The first-order valence-electron chi connectivity index (χ1n) is 9.03. The number of nitrogens with one attached hydrogen (secondary N) is 1. The molecule has 7 heteroatoms. The number of rotatable bonds is 5. The number of furan rings is 1. The molecule has 0 aliphatic heterocycles. The number of nitro groups is 1. The minimum atomic E-state index is -0.460. The van der Waals surface area contributed by atoms with Crippen LogP contribution in [0, 0.1) is 10.1 Å². The summed E-state index contributed by atoms with van der Waals surface area (Å²) in [6, 6.07) is 16.9. The van der Waals surface area contributed by atoms with Gasteiger partial charge in [-0.3, -0.25) is 14.9 Å². The summed E-state index contributed by atoms with van der Waals surface area (Å²) in [7, 11) is 0. The first kappa shape index (κ1) is 20.0. The molecular weight excluding hydrogens is 370 g/mol. The number of hydrazone groups is 1. The van der Waals surface area contributed by atoms with Gasteiger partial charge in [0.1, 0.15) is 11.5 Å². The first-order chi connectivity index (χ1) is 13.7. The molecule has 0 fully saturated rings. The quantitative estimate of drug-likeness (QED) is 0.379. The highest BCUT2D eigenvalue weighted by Gasteiger charge is 2.14. The maximum Gasteiger partial charge on any atom is 0.271 e. The molecular formula is C22H21N3O4. The van der Waals surface area contributed by atoms with E-state index < -0.39 is 4.92 Å². The fourth-order valence-corrected chi connectivity index (χ4v) is 2.69. The molecule has 3 aromatic rings. The number of nitro benzene ring substituents is 1. The van der Waals surface area contributed by atoms with E-state index in [4.69, 9.17) is 4.42 Å². The van der Waals surface area contributed by atoms with E-state index in [1.165, 1.54) is 18.3 Å².